The lowest BCUT2D eigenvalue weighted by Crippen LogP contribution is -2.37. The molecule has 0 aromatic carbocycles. The van der Waals surface area contributed by atoms with E-state index < -0.39 is 11.5 Å². The molecule has 0 aliphatic rings. The summed E-state index contributed by atoms with van der Waals surface area (Å²) in [6, 6.07) is 1.13. The van der Waals surface area contributed by atoms with Crippen molar-refractivity contribution >= 4 is 5.91 Å². The minimum atomic E-state index is -0.778. The van der Waals surface area contributed by atoms with Crippen LogP contribution in [0.4, 0.5) is 0 Å². The van der Waals surface area contributed by atoms with Crippen molar-refractivity contribution in [2.24, 2.45) is 0 Å². The molecule has 0 bridgehead atoms. The van der Waals surface area contributed by atoms with Gasteiger partial charge in [-0.3, -0.25) is 9.59 Å². The molecule has 1 rings (SSSR count). The minimum absolute atomic E-state index is 0.0497. The maximum absolute atomic E-state index is 11.5. The molecule has 0 saturated heterocycles. The first-order valence-corrected chi connectivity index (χ1v) is 5.75. The molecule has 100 valence electrons. The Balaban J connectivity index is 2.67. The Morgan fingerprint density at radius 1 is 1.61 bits per heavy atom. The van der Waals surface area contributed by atoms with E-state index in [-0.39, 0.29) is 24.0 Å². The molecule has 2 N–H and O–H groups in total. The second-order valence-electron chi connectivity index (χ2n) is 3.78. The van der Waals surface area contributed by atoms with Gasteiger partial charge in [0, 0.05) is 12.6 Å². The molecule has 0 radical (unpaired) electrons. The van der Waals surface area contributed by atoms with Crippen LogP contribution in [-0.2, 0) is 11.4 Å². The number of nitrogens with one attached hydrogen (secondary N) is 1. The van der Waals surface area contributed by atoms with E-state index in [9.17, 15) is 9.59 Å². The molecule has 1 aromatic rings. The van der Waals surface area contributed by atoms with E-state index in [4.69, 9.17) is 14.3 Å². The lowest BCUT2D eigenvalue weighted by Gasteiger charge is -2.13. The van der Waals surface area contributed by atoms with Gasteiger partial charge in [-0.1, -0.05) is 6.92 Å². The summed E-state index contributed by atoms with van der Waals surface area (Å²) in [5.41, 5.74) is -0.430. The Labute approximate surface area is 105 Å². The number of aliphatic hydroxyl groups excluding tert-OH is 1. The lowest BCUT2D eigenvalue weighted by molar-refractivity contribution is -0.127. The van der Waals surface area contributed by atoms with Crippen molar-refractivity contribution in [1.82, 2.24) is 5.32 Å². The van der Waals surface area contributed by atoms with Crippen molar-refractivity contribution in [3.63, 3.8) is 0 Å². The average Bonchev–Trinajstić information content (AvgIpc) is 2.38. The predicted molar refractivity (Wildman–Crippen MR) is 64.3 cm³/mol. The molecule has 0 aliphatic carbocycles. The first-order chi connectivity index (χ1) is 8.58. The number of amides is 1. The highest BCUT2D eigenvalue weighted by Gasteiger charge is 2.16. The molecule has 0 fully saturated rings. The lowest BCUT2D eigenvalue weighted by atomic mass is 10.3. The molecule has 18 heavy (non-hydrogen) atoms. The Morgan fingerprint density at radius 2 is 2.33 bits per heavy atom. The third kappa shape index (κ3) is 3.89. The van der Waals surface area contributed by atoms with Crippen LogP contribution in [0.2, 0.25) is 0 Å². The van der Waals surface area contributed by atoms with Gasteiger partial charge in [0.25, 0.3) is 5.91 Å². The van der Waals surface area contributed by atoms with Gasteiger partial charge in [0.1, 0.15) is 18.6 Å². The summed E-state index contributed by atoms with van der Waals surface area (Å²) in [5, 5.41) is 11.4. The highest BCUT2D eigenvalue weighted by atomic mass is 16.5. The molecule has 6 heteroatoms. The summed E-state index contributed by atoms with van der Waals surface area (Å²) in [5.74, 6) is -0.190. The highest BCUT2D eigenvalue weighted by molar-refractivity contribution is 5.80. The zero-order chi connectivity index (χ0) is 13.5. The van der Waals surface area contributed by atoms with E-state index in [2.05, 4.69) is 5.32 Å². The van der Waals surface area contributed by atoms with Gasteiger partial charge < -0.3 is 19.6 Å². The van der Waals surface area contributed by atoms with Crippen LogP contribution in [-0.4, -0.2) is 23.7 Å². The van der Waals surface area contributed by atoms with Crippen LogP contribution in [0.1, 0.15) is 26.0 Å². The Morgan fingerprint density at radius 3 is 2.89 bits per heavy atom. The molecule has 0 spiro atoms. The third-order valence-corrected chi connectivity index (χ3v) is 2.23. The van der Waals surface area contributed by atoms with Crippen LogP contribution < -0.4 is 15.5 Å². The number of hydrogen-bond acceptors (Lipinski definition) is 5. The van der Waals surface area contributed by atoms with E-state index in [0.717, 1.165) is 18.8 Å². The smallest absolute Gasteiger partial charge is 0.260 e. The molecule has 1 amide bonds. The zero-order valence-electron chi connectivity index (χ0n) is 10.4. The fraction of sp³-hybridized carbons (Fsp3) is 0.500. The second-order valence-corrected chi connectivity index (χ2v) is 3.78. The zero-order valence-corrected chi connectivity index (χ0v) is 10.4. The number of carbonyl (C=O) groups excluding carboxylic acids is 1. The second kappa shape index (κ2) is 6.80. The monoisotopic (exact) mass is 255 g/mol. The SMILES string of the molecule is CCCNC(=O)C(C)Oc1coc(CO)cc1=O. The number of aliphatic hydroxyl groups is 1. The summed E-state index contributed by atoms with van der Waals surface area (Å²) < 4.78 is 10.1. The van der Waals surface area contributed by atoms with E-state index in [1.54, 1.807) is 6.92 Å². The molecule has 0 aliphatic heterocycles. The van der Waals surface area contributed by atoms with Crippen LogP contribution in [0, 0.1) is 0 Å². The predicted octanol–water partition coefficient (Wildman–Crippen LogP) is 0.426. The summed E-state index contributed by atoms with van der Waals surface area (Å²) in [4.78, 5) is 23.1. The number of carbonyl (C=O) groups is 1. The quantitative estimate of drug-likeness (QED) is 0.769. The van der Waals surface area contributed by atoms with Crippen molar-refractivity contribution in [3.05, 3.63) is 28.3 Å². The summed E-state index contributed by atoms with van der Waals surface area (Å²) >= 11 is 0. The first-order valence-electron chi connectivity index (χ1n) is 5.75. The first kappa shape index (κ1) is 14.2. The number of rotatable bonds is 6. The standard InChI is InChI=1S/C12H17NO5/c1-3-4-13-12(16)8(2)18-11-7-17-9(6-14)5-10(11)15/h5,7-8,14H,3-4,6H2,1-2H3,(H,13,16). The van der Waals surface area contributed by atoms with Gasteiger partial charge in [-0.2, -0.15) is 0 Å². The Bertz CT molecular complexity index is 454. The van der Waals surface area contributed by atoms with Crippen LogP contribution in [0.15, 0.2) is 21.5 Å². The van der Waals surface area contributed by atoms with Gasteiger partial charge in [-0.15, -0.1) is 0 Å². The summed E-state index contributed by atoms with van der Waals surface area (Å²) in [6.45, 7) is 3.69. The Hall–Kier alpha value is -1.82. The van der Waals surface area contributed by atoms with E-state index >= 15 is 0 Å². The maximum atomic E-state index is 11.5. The molecular formula is C12H17NO5. The largest absolute Gasteiger partial charge is 0.474 e. The van der Waals surface area contributed by atoms with E-state index in [1.165, 1.54) is 0 Å². The van der Waals surface area contributed by atoms with Gasteiger partial charge in [0.15, 0.2) is 6.10 Å². The van der Waals surface area contributed by atoms with Crippen LogP contribution in [0.25, 0.3) is 0 Å². The maximum Gasteiger partial charge on any atom is 0.260 e. The molecule has 0 saturated carbocycles. The molecular weight excluding hydrogens is 238 g/mol. The highest BCUT2D eigenvalue weighted by Crippen LogP contribution is 2.08. The normalized spacial score (nSPS) is 11.9. The summed E-state index contributed by atoms with van der Waals surface area (Å²) in [7, 11) is 0. The van der Waals surface area contributed by atoms with Crippen molar-refractivity contribution < 1.29 is 19.1 Å². The van der Waals surface area contributed by atoms with Crippen molar-refractivity contribution in [3.8, 4) is 5.75 Å². The van der Waals surface area contributed by atoms with Crippen LogP contribution in [0.5, 0.6) is 5.75 Å². The van der Waals surface area contributed by atoms with E-state index in [1.807, 2.05) is 6.92 Å². The molecule has 1 unspecified atom stereocenters. The number of ether oxygens (including phenoxy) is 1. The molecule has 1 atom stereocenters. The van der Waals surface area contributed by atoms with Crippen molar-refractivity contribution in [2.75, 3.05) is 6.54 Å². The number of hydrogen-bond donors (Lipinski definition) is 2. The van der Waals surface area contributed by atoms with Gasteiger partial charge in [0.2, 0.25) is 11.2 Å². The van der Waals surface area contributed by atoms with Gasteiger partial charge >= 0.3 is 0 Å². The fourth-order valence-corrected chi connectivity index (χ4v) is 1.24. The molecule has 6 nitrogen and oxygen atoms in total. The Kier molecular flexibility index (Phi) is 5.38. The van der Waals surface area contributed by atoms with Crippen molar-refractivity contribution in [1.29, 1.82) is 0 Å². The third-order valence-electron chi connectivity index (χ3n) is 2.23. The van der Waals surface area contributed by atoms with Crippen LogP contribution >= 0.6 is 0 Å². The van der Waals surface area contributed by atoms with Crippen LogP contribution in [0.3, 0.4) is 0 Å². The minimum Gasteiger partial charge on any atom is -0.474 e. The van der Waals surface area contributed by atoms with Gasteiger partial charge in [0.05, 0.1) is 0 Å². The summed E-state index contributed by atoms with van der Waals surface area (Å²) in [6.07, 6.45) is 1.14. The van der Waals surface area contributed by atoms with Crippen molar-refractivity contribution in [2.45, 2.75) is 33.0 Å². The fourth-order valence-electron chi connectivity index (χ4n) is 1.24. The van der Waals surface area contributed by atoms with Gasteiger partial charge in [-0.25, -0.2) is 0 Å². The molecule has 1 heterocycles. The van der Waals surface area contributed by atoms with E-state index in [0.29, 0.717) is 6.54 Å². The molecule has 1 aromatic heterocycles. The topological polar surface area (TPSA) is 88.8 Å². The average molecular weight is 255 g/mol. The van der Waals surface area contributed by atoms with Gasteiger partial charge in [-0.05, 0) is 13.3 Å².